The summed E-state index contributed by atoms with van der Waals surface area (Å²) in [6.45, 7) is 9.89. The van der Waals surface area contributed by atoms with Gasteiger partial charge in [0.05, 0.1) is 0 Å². The summed E-state index contributed by atoms with van der Waals surface area (Å²) >= 11 is 1.73. The smallest absolute Gasteiger partial charge is 0.342 e. The van der Waals surface area contributed by atoms with Gasteiger partial charge in [0, 0.05) is 17.1 Å². The van der Waals surface area contributed by atoms with Crippen LogP contribution in [0.5, 0.6) is 0 Å². The van der Waals surface area contributed by atoms with Crippen molar-refractivity contribution >= 4 is 17.7 Å². The summed E-state index contributed by atoms with van der Waals surface area (Å²) < 4.78 is 5.53. The van der Waals surface area contributed by atoms with Gasteiger partial charge in [-0.25, -0.2) is 4.79 Å². The number of rotatable bonds is 6. The first-order chi connectivity index (χ1) is 12.0. The Labute approximate surface area is 156 Å². The van der Waals surface area contributed by atoms with Crippen LogP contribution in [0.3, 0.4) is 0 Å². The number of aliphatic hydroxyl groups is 1. The van der Waals surface area contributed by atoms with Crippen LogP contribution in [-0.4, -0.2) is 22.9 Å². The zero-order chi connectivity index (χ0) is 18.8. The van der Waals surface area contributed by atoms with Gasteiger partial charge in [0.1, 0.15) is 17.4 Å². The number of thioether (sulfide) groups is 1. The van der Waals surface area contributed by atoms with Crippen molar-refractivity contribution in [1.82, 2.24) is 0 Å². The van der Waals surface area contributed by atoms with Gasteiger partial charge in [-0.2, -0.15) is 0 Å². The third-order valence-corrected chi connectivity index (χ3v) is 4.91. The van der Waals surface area contributed by atoms with Gasteiger partial charge in [0.25, 0.3) is 0 Å². The van der Waals surface area contributed by atoms with Crippen molar-refractivity contribution in [2.45, 2.75) is 58.5 Å². The number of carbonyl (C=O) groups is 1. The molecule has 0 saturated heterocycles. The first-order valence-corrected chi connectivity index (χ1v) is 9.99. The minimum absolute atomic E-state index is 0.165. The molecule has 0 spiro atoms. The largest absolute Gasteiger partial charge is 0.511 e. The van der Waals surface area contributed by atoms with Crippen molar-refractivity contribution in [1.29, 1.82) is 0 Å². The van der Waals surface area contributed by atoms with Gasteiger partial charge < -0.3 is 9.84 Å². The van der Waals surface area contributed by atoms with Crippen LogP contribution in [-0.2, 0) is 9.53 Å². The number of esters is 1. The molecular weight excluding hydrogens is 332 g/mol. The molecule has 3 nitrogen and oxygen atoms in total. The van der Waals surface area contributed by atoms with Gasteiger partial charge in [-0.05, 0) is 37.0 Å². The number of hydrogen-bond acceptors (Lipinski definition) is 4. The van der Waals surface area contributed by atoms with Crippen LogP contribution >= 0.6 is 11.8 Å². The molecule has 1 N–H and O–H groups in total. The Morgan fingerprint density at radius 1 is 1.32 bits per heavy atom. The number of cyclic esters (lactones) is 1. The summed E-state index contributed by atoms with van der Waals surface area (Å²) in [6.07, 6.45) is 2.77. The fourth-order valence-electron chi connectivity index (χ4n) is 2.72. The summed E-state index contributed by atoms with van der Waals surface area (Å²) in [5.74, 6) is 0.795. The van der Waals surface area contributed by atoms with E-state index < -0.39 is 5.97 Å². The van der Waals surface area contributed by atoms with Crippen molar-refractivity contribution in [2.75, 3.05) is 5.75 Å². The van der Waals surface area contributed by atoms with Crippen LogP contribution in [0, 0.1) is 5.92 Å². The summed E-state index contributed by atoms with van der Waals surface area (Å²) in [5, 5.41) is 10.3. The molecule has 0 saturated carbocycles. The average Bonchev–Trinajstić information content (AvgIpc) is 2.60. The highest BCUT2D eigenvalue weighted by Crippen LogP contribution is 2.31. The van der Waals surface area contributed by atoms with E-state index in [0.717, 1.165) is 17.7 Å². The maximum atomic E-state index is 12.3. The molecule has 0 fully saturated rings. The molecule has 4 heteroatoms. The number of ether oxygens (including phenoxy) is 1. The molecule has 1 aliphatic rings. The zero-order valence-corrected chi connectivity index (χ0v) is 16.7. The Bertz CT molecular complexity index is 603. The Hall–Kier alpha value is -1.68. The van der Waals surface area contributed by atoms with Gasteiger partial charge in [-0.1, -0.05) is 52.0 Å². The third kappa shape index (κ3) is 6.28. The predicted octanol–water partition coefficient (Wildman–Crippen LogP) is 5.92. The first-order valence-electron chi connectivity index (χ1n) is 9.00. The Morgan fingerprint density at radius 3 is 2.48 bits per heavy atom. The molecule has 1 atom stereocenters. The number of benzene rings is 1. The molecule has 1 heterocycles. The number of aliphatic hydroxyl groups excluding tert-OH is 1. The average molecular weight is 363 g/mol. The maximum Gasteiger partial charge on any atom is 0.342 e. The van der Waals surface area contributed by atoms with Crippen molar-refractivity contribution < 1.29 is 14.6 Å². The highest BCUT2D eigenvalue weighted by atomic mass is 32.2. The van der Waals surface area contributed by atoms with E-state index in [1.165, 1.54) is 4.90 Å². The minimum atomic E-state index is -0.398. The van der Waals surface area contributed by atoms with Crippen molar-refractivity contribution in [2.24, 2.45) is 5.92 Å². The fourth-order valence-corrected chi connectivity index (χ4v) is 3.69. The lowest BCUT2D eigenvalue weighted by Crippen LogP contribution is -2.28. The molecule has 1 aliphatic heterocycles. The van der Waals surface area contributed by atoms with E-state index in [2.05, 4.69) is 12.1 Å². The molecule has 0 radical (unpaired) electrons. The summed E-state index contributed by atoms with van der Waals surface area (Å²) in [4.78, 5) is 13.5. The molecular formula is C21H30O3S. The lowest BCUT2D eigenvalue weighted by molar-refractivity contribution is -0.146. The normalized spacial score (nSPS) is 17.9. The van der Waals surface area contributed by atoms with Crippen molar-refractivity contribution in [3.05, 3.63) is 53.3 Å². The Balaban J connectivity index is 0.00000151. The monoisotopic (exact) mass is 362 g/mol. The SMILES string of the molecule is C/C=C(\C1=C(O)CC(CCSc2ccccc2)OC1=O)C(C)C.CC. The van der Waals surface area contributed by atoms with E-state index in [1.54, 1.807) is 11.8 Å². The highest BCUT2D eigenvalue weighted by Gasteiger charge is 2.31. The molecule has 0 bridgehead atoms. The van der Waals surface area contributed by atoms with Crippen LogP contribution in [0.4, 0.5) is 0 Å². The maximum absolute atomic E-state index is 12.3. The van der Waals surface area contributed by atoms with Gasteiger partial charge >= 0.3 is 5.97 Å². The molecule has 138 valence electrons. The lowest BCUT2D eigenvalue weighted by atomic mass is 9.91. The predicted molar refractivity (Wildman–Crippen MR) is 106 cm³/mol. The topological polar surface area (TPSA) is 46.5 Å². The lowest BCUT2D eigenvalue weighted by Gasteiger charge is -2.26. The number of hydrogen-bond donors (Lipinski definition) is 1. The standard InChI is InChI=1S/C19H24O3S.C2H6/c1-4-16(13(2)3)18-17(20)12-14(22-19(18)21)10-11-23-15-8-6-5-7-9-15;1-2/h4-9,13-14,20H,10-12H2,1-3H3;1-2H3/b16-4-;. The van der Waals surface area contributed by atoms with E-state index in [0.29, 0.717) is 12.0 Å². The Kier molecular flexibility index (Phi) is 9.43. The zero-order valence-electron chi connectivity index (χ0n) is 15.9. The van der Waals surface area contributed by atoms with E-state index in [1.807, 2.05) is 58.9 Å². The highest BCUT2D eigenvalue weighted by molar-refractivity contribution is 7.99. The molecule has 1 unspecified atom stereocenters. The van der Waals surface area contributed by atoms with Gasteiger partial charge in [-0.3, -0.25) is 0 Å². The number of allylic oxidation sites excluding steroid dienone is 1. The van der Waals surface area contributed by atoms with Crippen molar-refractivity contribution in [3.63, 3.8) is 0 Å². The van der Waals surface area contributed by atoms with Gasteiger partial charge in [-0.15, -0.1) is 11.8 Å². The summed E-state index contributed by atoms with van der Waals surface area (Å²) in [5.41, 5.74) is 1.21. The summed E-state index contributed by atoms with van der Waals surface area (Å²) in [7, 11) is 0. The van der Waals surface area contributed by atoms with Crippen LogP contribution < -0.4 is 0 Å². The number of carbonyl (C=O) groups excluding carboxylic acids is 1. The quantitative estimate of drug-likeness (QED) is 0.503. The fraction of sp³-hybridized carbons (Fsp3) is 0.476. The van der Waals surface area contributed by atoms with Crippen molar-refractivity contribution in [3.8, 4) is 0 Å². The van der Waals surface area contributed by atoms with Gasteiger partial charge in [0.2, 0.25) is 0 Å². The first kappa shape index (κ1) is 21.4. The third-order valence-electron chi connectivity index (χ3n) is 3.86. The molecule has 25 heavy (non-hydrogen) atoms. The second-order valence-electron chi connectivity index (χ2n) is 5.90. The van der Waals surface area contributed by atoms with Crippen LogP contribution in [0.15, 0.2) is 58.2 Å². The molecule has 2 rings (SSSR count). The molecule has 0 aliphatic carbocycles. The second kappa shape index (κ2) is 11.0. The summed E-state index contributed by atoms with van der Waals surface area (Å²) in [6, 6.07) is 10.1. The molecule has 1 aromatic carbocycles. The second-order valence-corrected chi connectivity index (χ2v) is 7.07. The molecule has 0 amide bonds. The molecule has 1 aromatic rings. The van der Waals surface area contributed by atoms with E-state index in [-0.39, 0.29) is 17.8 Å². The Morgan fingerprint density at radius 2 is 1.96 bits per heavy atom. The van der Waals surface area contributed by atoms with E-state index in [9.17, 15) is 9.90 Å². The van der Waals surface area contributed by atoms with E-state index in [4.69, 9.17) is 4.74 Å². The van der Waals surface area contributed by atoms with Crippen LogP contribution in [0.2, 0.25) is 0 Å². The molecule has 0 aromatic heterocycles. The van der Waals surface area contributed by atoms with Gasteiger partial charge in [0.15, 0.2) is 0 Å². The van der Waals surface area contributed by atoms with Crippen LogP contribution in [0.1, 0.15) is 47.5 Å². The van der Waals surface area contributed by atoms with Crippen LogP contribution in [0.25, 0.3) is 0 Å². The minimum Gasteiger partial charge on any atom is -0.511 e. The van der Waals surface area contributed by atoms with E-state index >= 15 is 0 Å².